The molecule has 1 aromatic rings. The molecule has 1 saturated carbocycles. The van der Waals surface area contributed by atoms with Crippen LogP contribution in [0.3, 0.4) is 0 Å². The zero-order chi connectivity index (χ0) is 10.3. The van der Waals surface area contributed by atoms with Gasteiger partial charge in [0.1, 0.15) is 5.82 Å². The van der Waals surface area contributed by atoms with Gasteiger partial charge in [-0.15, -0.1) is 0 Å². The van der Waals surface area contributed by atoms with Gasteiger partial charge in [-0.3, -0.25) is 0 Å². The highest BCUT2D eigenvalue weighted by Gasteiger charge is 2.46. The Labute approximate surface area is 79.8 Å². The summed E-state index contributed by atoms with van der Waals surface area (Å²) in [6.07, 6.45) is 1.31. The second-order valence-corrected chi connectivity index (χ2v) is 3.72. The van der Waals surface area contributed by atoms with Crippen molar-refractivity contribution in [3.8, 4) is 5.75 Å². The van der Waals surface area contributed by atoms with Gasteiger partial charge in [-0.2, -0.15) is 0 Å². The van der Waals surface area contributed by atoms with Crippen molar-refractivity contribution in [1.82, 2.24) is 0 Å². The molecule has 0 unspecified atom stereocenters. The molecule has 0 amide bonds. The Morgan fingerprint density at radius 2 is 1.93 bits per heavy atom. The van der Waals surface area contributed by atoms with Gasteiger partial charge in [0.05, 0.1) is 6.61 Å². The summed E-state index contributed by atoms with van der Waals surface area (Å²) in [5, 5.41) is 18.4. The maximum Gasteiger partial charge on any atom is 0.168 e. The van der Waals surface area contributed by atoms with Gasteiger partial charge in [0.2, 0.25) is 0 Å². The monoisotopic (exact) mass is 200 g/mol. The van der Waals surface area contributed by atoms with Crippen molar-refractivity contribution in [3.63, 3.8) is 0 Å². The third-order valence-corrected chi connectivity index (χ3v) is 2.76. The summed E-state index contributed by atoms with van der Waals surface area (Å²) < 4.78 is 25.8. The van der Waals surface area contributed by atoms with Gasteiger partial charge in [0.25, 0.3) is 0 Å². The van der Waals surface area contributed by atoms with Gasteiger partial charge in [-0.05, 0) is 18.9 Å². The van der Waals surface area contributed by atoms with Crippen LogP contribution >= 0.6 is 0 Å². The lowest BCUT2D eigenvalue weighted by molar-refractivity contribution is 0.250. The minimum atomic E-state index is -0.972. The number of benzene rings is 1. The molecule has 2 N–H and O–H groups in total. The number of hydrogen-bond donors (Lipinski definition) is 2. The van der Waals surface area contributed by atoms with Crippen LogP contribution in [0.5, 0.6) is 5.75 Å². The molecule has 14 heavy (non-hydrogen) atoms. The number of rotatable bonds is 2. The minimum Gasteiger partial charge on any atom is -0.505 e. The Morgan fingerprint density at radius 3 is 2.43 bits per heavy atom. The third kappa shape index (κ3) is 1.26. The van der Waals surface area contributed by atoms with Gasteiger partial charge in [0, 0.05) is 17.0 Å². The molecule has 4 heteroatoms. The third-order valence-electron chi connectivity index (χ3n) is 2.76. The van der Waals surface area contributed by atoms with Crippen molar-refractivity contribution < 1.29 is 19.0 Å². The van der Waals surface area contributed by atoms with Gasteiger partial charge in [-0.25, -0.2) is 8.78 Å². The highest BCUT2D eigenvalue weighted by Crippen LogP contribution is 2.51. The molecular formula is C10H10F2O2. The summed E-state index contributed by atoms with van der Waals surface area (Å²) >= 11 is 0. The Morgan fingerprint density at radius 1 is 1.29 bits per heavy atom. The van der Waals surface area contributed by atoms with Crippen LogP contribution < -0.4 is 0 Å². The summed E-state index contributed by atoms with van der Waals surface area (Å²) in [4.78, 5) is 0. The molecule has 0 aromatic heterocycles. The lowest BCUT2D eigenvalue weighted by Gasteiger charge is -2.14. The van der Waals surface area contributed by atoms with E-state index in [0.717, 1.165) is 6.07 Å². The molecule has 0 atom stereocenters. The van der Waals surface area contributed by atoms with Crippen LogP contribution in [0.25, 0.3) is 0 Å². The minimum absolute atomic E-state index is 0.178. The zero-order valence-electron chi connectivity index (χ0n) is 7.43. The fourth-order valence-electron chi connectivity index (χ4n) is 1.63. The van der Waals surface area contributed by atoms with Crippen molar-refractivity contribution in [2.75, 3.05) is 6.61 Å². The number of phenolic OH excluding ortho intramolecular Hbond substituents is 1. The van der Waals surface area contributed by atoms with Gasteiger partial charge >= 0.3 is 0 Å². The Bertz CT molecular complexity index is 373. The van der Waals surface area contributed by atoms with Crippen LogP contribution in [-0.2, 0) is 5.41 Å². The molecule has 2 nitrogen and oxygen atoms in total. The first kappa shape index (κ1) is 9.40. The summed E-state index contributed by atoms with van der Waals surface area (Å²) in [6, 6.07) is 1.72. The van der Waals surface area contributed by atoms with Crippen LogP contribution in [0.15, 0.2) is 12.1 Å². The standard InChI is InChI=1S/C10H10F2O2/c11-6-3-7(9(14)8(12)4-6)10(5-13)1-2-10/h3-4,13-14H,1-2,5H2. The largest absolute Gasteiger partial charge is 0.505 e. The lowest BCUT2D eigenvalue weighted by atomic mass is 9.95. The highest BCUT2D eigenvalue weighted by atomic mass is 19.1. The predicted octanol–water partition coefficient (Wildman–Crippen LogP) is 1.69. The van der Waals surface area contributed by atoms with E-state index >= 15 is 0 Å². The number of aliphatic hydroxyl groups is 1. The molecule has 0 aliphatic heterocycles. The Kier molecular flexibility index (Phi) is 1.96. The average molecular weight is 200 g/mol. The quantitative estimate of drug-likeness (QED) is 0.762. The molecule has 1 aliphatic rings. The SMILES string of the molecule is OCC1(c2cc(F)cc(F)c2O)CC1. The van der Waals surface area contributed by atoms with E-state index in [1.54, 1.807) is 0 Å². The van der Waals surface area contributed by atoms with Crippen LogP contribution in [0, 0.1) is 11.6 Å². The molecule has 0 saturated heterocycles. The predicted molar refractivity (Wildman–Crippen MR) is 46.0 cm³/mol. The van der Waals surface area contributed by atoms with E-state index in [1.807, 2.05) is 0 Å². The van der Waals surface area contributed by atoms with E-state index < -0.39 is 22.8 Å². The second-order valence-electron chi connectivity index (χ2n) is 3.72. The van der Waals surface area contributed by atoms with Crippen molar-refractivity contribution in [3.05, 3.63) is 29.3 Å². The number of phenols is 1. The number of aromatic hydroxyl groups is 1. The summed E-state index contributed by atoms with van der Waals surface area (Å²) in [5.74, 6) is -2.24. The molecule has 76 valence electrons. The number of halogens is 2. The molecule has 1 aliphatic carbocycles. The molecular weight excluding hydrogens is 190 g/mol. The summed E-state index contributed by atoms with van der Waals surface area (Å²) in [5.41, 5.74) is -0.440. The average Bonchev–Trinajstić information content (AvgIpc) is 2.92. The first-order valence-electron chi connectivity index (χ1n) is 4.38. The maximum atomic E-state index is 13.0. The first-order chi connectivity index (χ1) is 6.59. The van der Waals surface area contributed by atoms with E-state index in [-0.39, 0.29) is 12.2 Å². The zero-order valence-corrected chi connectivity index (χ0v) is 7.43. The Hall–Kier alpha value is -1.16. The van der Waals surface area contributed by atoms with Crippen LogP contribution in [0.4, 0.5) is 8.78 Å². The normalized spacial score (nSPS) is 18.2. The lowest BCUT2D eigenvalue weighted by Crippen LogP contribution is -2.13. The van der Waals surface area contributed by atoms with Gasteiger partial charge in [0.15, 0.2) is 11.6 Å². The summed E-state index contributed by atoms with van der Waals surface area (Å²) in [7, 11) is 0. The molecule has 0 spiro atoms. The fourth-order valence-corrected chi connectivity index (χ4v) is 1.63. The fraction of sp³-hybridized carbons (Fsp3) is 0.400. The molecule has 0 heterocycles. The van der Waals surface area contributed by atoms with E-state index in [2.05, 4.69) is 0 Å². The maximum absolute atomic E-state index is 13.0. The van der Waals surface area contributed by atoms with Crippen LogP contribution in [0.2, 0.25) is 0 Å². The highest BCUT2D eigenvalue weighted by molar-refractivity contribution is 5.43. The van der Waals surface area contributed by atoms with E-state index in [4.69, 9.17) is 5.11 Å². The molecule has 2 rings (SSSR count). The second kappa shape index (κ2) is 2.92. The topological polar surface area (TPSA) is 40.5 Å². The summed E-state index contributed by atoms with van der Waals surface area (Å²) in [6.45, 7) is -0.191. The van der Waals surface area contributed by atoms with E-state index in [0.29, 0.717) is 18.9 Å². The van der Waals surface area contributed by atoms with Crippen molar-refractivity contribution >= 4 is 0 Å². The molecule has 1 aromatic carbocycles. The van der Waals surface area contributed by atoms with Gasteiger partial charge < -0.3 is 10.2 Å². The molecule has 0 bridgehead atoms. The van der Waals surface area contributed by atoms with Crippen molar-refractivity contribution in [1.29, 1.82) is 0 Å². The smallest absolute Gasteiger partial charge is 0.168 e. The van der Waals surface area contributed by atoms with Crippen molar-refractivity contribution in [2.45, 2.75) is 18.3 Å². The van der Waals surface area contributed by atoms with E-state index in [1.165, 1.54) is 0 Å². The van der Waals surface area contributed by atoms with Gasteiger partial charge in [-0.1, -0.05) is 0 Å². The van der Waals surface area contributed by atoms with Crippen molar-refractivity contribution in [2.24, 2.45) is 0 Å². The van der Waals surface area contributed by atoms with Crippen LogP contribution in [0.1, 0.15) is 18.4 Å². The molecule has 1 fully saturated rings. The number of hydrogen-bond acceptors (Lipinski definition) is 2. The number of aliphatic hydroxyl groups excluding tert-OH is 1. The van der Waals surface area contributed by atoms with E-state index in [9.17, 15) is 13.9 Å². The van der Waals surface area contributed by atoms with Crippen LogP contribution in [-0.4, -0.2) is 16.8 Å². The Balaban J connectivity index is 2.52. The molecule has 0 radical (unpaired) electrons. The first-order valence-corrected chi connectivity index (χ1v) is 4.38.